The van der Waals surface area contributed by atoms with Crippen LogP contribution < -0.4 is 5.32 Å². The molecule has 0 bridgehead atoms. The van der Waals surface area contributed by atoms with Gasteiger partial charge in [-0.15, -0.1) is 5.10 Å². The molecular weight excluding hydrogens is 218 g/mol. The largest absolute Gasteiger partial charge is 0.384 e. The van der Waals surface area contributed by atoms with Crippen LogP contribution in [0.15, 0.2) is 0 Å². The van der Waals surface area contributed by atoms with Crippen molar-refractivity contribution in [1.82, 2.24) is 9.59 Å². The number of aromatic nitrogens is 2. The van der Waals surface area contributed by atoms with Gasteiger partial charge in [-0.25, -0.2) is 0 Å². The molecule has 0 aliphatic heterocycles. The summed E-state index contributed by atoms with van der Waals surface area (Å²) in [6.45, 7) is 3.78. The predicted molar refractivity (Wildman–Crippen MR) is 62.1 cm³/mol. The standard InChI is InChI=1S/C8H15N3OS2/c1-3-9-8-7(10-11-14-8)6-13-5-4-12-2/h9H,3-6H2,1-2H3. The number of nitrogens with zero attached hydrogens (tertiary/aromatic N) is 2. The Bertz CT molecular complexity index is 254. The third-order valence-electron chi connectivity index (χ3n) is 1.56. The smallest absolute Gasteiger partial charge is 0.134 e. The third-order valence-corrected chi connectivity index (χ3v) is 3.22. The van der Waals surface area contributed by atoms with Crippen molar-refractivity contribution in [3.05, 3.63) is 5.69 Å². The molecule has 0 aliphatic rings. The van der Waals surface area contributed by atoms with Gasteiger partial charge in [0.1, 0.15) is 10.7 Å². The van der Waals surface area contributed by atoms with E-state index in [9.17, 15) is 0 Å². The van der Waals surface area contributed by atoms with Crippen molar-refractivity contribution < 1.29 is 4.74 Å². The lowest BCUT2D eigenvalue weighted by molar-refractivity contribution is 0.218. The summed E-state index contributed by atoms with van der Waals surface area (Å²) in [5.74, 6) is 1.90. The van der Waals surface area contributed by atoms with Crippen LogP contribution in [0.1, 0.15) is 12.6 Å². The SMILES string of the molecule is CCNc1snnc1CSCCOC. The summed E-state index contributed by atoms with van der Waals surface area (Å²) in [5, 5.41) is 8.42. The Morgan fingerprint density at radius 3 is 3.14 bits per heavy atom. The zero-order chi connectivity index (χ0) is 10.2. The van der Waals surface area contributed by atoms with E-state index in [2.05, 4.69) is 21.8 Å². The molecule has 1 heterocycles. The highest BCUT2D eigenvalue weighted by atomic mass is 32.2. The molecule has 14 heavy (non-hydrogen) atoms. The summed E-state index contributed by atoms with van der Waals surface area (Å²) in [6.07, 6.45) is 0. The van der Waals surface area contributed by atoms with Crippen molar-refractivity contribution in [2.75, 3.05) is 31.3 Å². The van der Waals surface area contributed by atoms with E-state index in [1.165, 1.54) is 11.5 Å². The van der Waals surface area contributed by atoms with Crippen LogP contribution >= 0.6 is 23.3 Å². The first-order chi connectivity index (χ1) is 6.88. The maximum Gasteiger partial charge on any atom is 0.134 e. The van der Waals surface area contributed by atoms with Gasteiger partial charge in [-0.2, -0.15) is 11.8 Å². The molecular formula is C8H15N3OS2. The monoisotopic (exact) mass is 233 g/mol. The van der Waals surface area contributed by atoms with Gasteiger partial charge in [-0.05, 0) is 6.92 Å². The molecule has 4 nitrogen and oxygen atoms in total. The van der Waals surface area contributed by atoms with Crippen LogP contribution in [-0.2, 0) is 10.5 Å². The summed E-state index contributed by atoms with van der Waals surface area (Å²) in [6, 6.07) is 0. The summed E-state index contributed by atoms with van der Waals surface area (Å²) in [7, 11) is 1.72. The molecule has 0 saturated carbocycles. The Morgan fingerprint density at radius 2 is 2.43 bits per heavy atom. The highest BCUT2D eigenvalue weighted by Gasteiger charge is 2.05. The Morgan fingerprint density at radius 1 is 1.57 bits per heavy atom. The Hall–Kier alpha value is -0.330. The molecule has 0 amide bonds. The van der Waals surface area contributed by atoms with Gasteiger partial charge in [0, 0.05) is 36.7 Å². The van der Waals surface area contributed by atoms with Crippen LogP contribution in [0, 0.1) is 0 Å². The summed E-state index contributed by atoms with van der Waals surface area (Å²) in [4.78, 5) is 0. The maximum atomic E-state index is 4.97. The molecule has 0 unspecified atom stereocenters. The van der Waals surface area contributed by atoms with Crippen molar-refractivity contribution in [3.8, 4) is 0 Å². The number of ether oxygens (including phenoxy) is 1. The van der Waals surface area contributed by atoms with Crippen LogP contribution in [0.3, 0.4) is 0 Å². The number of rotatable bonds is 7. The first-order valence-corrected chi connectivity index (χ1v) is 6.43. The van der Waals surface area contributed by atoms with E-state index in [4.69, 9.17) is 4.74 Å². The second kappa shape index (κ2) is 7.03. The van der Waals surface area contributed by atoms with Crippen molar-refractivity contribution in [3.63, 3.8) is 0 Å². The van der Waals surface area contributed by atoms with Crippen molar-refractivity contribution in [2.24, 2.45) is 0 Å². The molecule has 0 radical (unpaired) electrons. The Balaban J connectivity index is 2.30. The van der Waals surface area contributed by atoms with E-state index in [0.29, 0.717) is 0 Å². The highest BCUT2D eigenvalue weighted by Crippen LogP contribution is 2.21. The summed E-state index contributed by atoms with van der Waals surface area (Å²) in [5.41, 5.74) is 1.05. The average molecular weight is 233 g/mol. The highest BCUT2D eigenvalue weighted by molar-refractivity contribution is 7.98. The van der Waals surface area contributed by atoms with E-state index in [1.54, 1.807) is 7.11 Å². The number of thioether (sulfide) groups is 1. The van der Waals surface area contributed by atoms with Gasteiger partial charge in [-0.1, -0.05) is 4.49 Å². The normalized spacial score (nSPS) is 10.4. The van der Waals surface area contributed by atoms with Crippen molar-refractivity contribution >= 4 is 28.3 Å². The van der Waals surface area contributed by atoms with Crippen LogP contribution in [0.5, 0.6) is 0 Å². The van der Waals surface area contributed by atoms with E-state index < -0.39 is 0 Å². The first-order valence-electron chi connectivity index (χ1n) is 4.50. The molecule has 0 saturated heterocycles. The number of methoxy groups -OCH3 is 1. The van der Waals surface area contributed by atoms with E-state index >= 15 is 0 Å². The molecule has 0 fully saturated rings. The molecule has 80 valence electrons. The molecule has 0 aromatic carbocycles. The zero-order valence-electron chi connectivity index (χ0n) is 8.45. The molecule has 1 aromatic rings. The number of nitrogens with one attached hydrogen (secondary N) is 1. The van der Waals surface area contributed by atoms with Gasteiger partial charge in [0.05, 0.1) is 6.61 Å². The molecule has 0 atom stereocenters. The summed E-state index contributed by atoms with van der Waals surface area (Å²) >= 11 is 3.24. The minimum absolute atomic E-state index is 0.790. The number of anilines is 1. The van der Waals surface area contributed by atoms with Gasteiger partial charge in [0.25, 0.3) is 0 Å². The fraction of sp³-hybridized carbons (Fsp3) is 0.750. The molecule has 1 aromatic heterocycles. The van der Waals surface area contributed by atoms with Crippen LogP contribution in [0.2, 0.25) is 0 Å². The molecule has 0 spiro atoms. The summed E-state index contributed by atoms with van der Waals surface area (Å²) < 4.78 is 8.89. The second-order valence-electron chi connectivity index (χ2n) is 2.62. The molecule has 1 N–H and O–H groups in total. The first kappa shape index (κ1) is 11.7. The lowest BCUT2D eigenvalue weighted by Crippen LogP contribution is -1.98. The van der Waals surface area contributed by atoms with Gasteiger partial charge in [0.15, 0.2) is 0 Å². The predicted octanol–water partition coefficient (Wildman–Crippen LogP) is 1.85. The van der Waals surface area contributed by atoms with Gasteiger partial charge in [-0.3, -0.25) is 0 Å². The average Bonchev–Trinajstić information content (AvgIpc) is 2.61. The van der Waals surface area contributed by atoms with Gasteiger partial charge >= 0.3 is 0 Å². The lowest BCUT2D eigenvalue weighted by Gasteiger charge is -2.01. The topological polar surface area (TPSA) is 47.0 Å². The second-order valence-corrected chi connectivity index (χ2v) is 4.48. The Labute approximate surface area is 92.6 Å². The van der Waals surface area contributed by atoms with E-state index in [0.717, 1.165) is 35.4 Å². The van der Waals surface area contributed by atoms with Crippen LogP contribution in [-0.4, -0.2) is 35.6 Å². The van der Waals surface area contributed by atoms with E-state index in [-0.39, 0.29) is 0 Å². The minimum Gasteiger partial charge on any atom is -0.384 e. The van der Waals surface area contributed by atoms with Crippen molar-refractivity contribution in [2.45, 2.75) is 12.7 Å². The van der Waals surface area contributed by atoms with E-state index in [1.807, 2.05) is 11.8 Å². The fourth-order valence-electron chi connectivity index (χ4n) is 0.909. The number of hydrogen-bond acceptors (Lipinski definition) is 6. The fourth-order valence-corrected chi connectivity index (χ4v) is 2.47. The Kier molecular flexibility index (Phi) is 5.89. The minimum atomic E-state index is 0.790. The van der Waals surface area contributed by atoms with Gasteiger partial charge < -0.3 is 10.1 Å². The maximum absolute atomic E-state index is 4.97. The lowest BCUT2D eigenvalue weighted by atomic mass is 10.5. The van der Waals surface area contributed by atoms with Crippen LogP contribution in [0.25, 0.3) is 0 Å². The van der Waals surface area contributed by atoms with Crippen molar-refractivity contribution in [1.29, 1.82) is 0 Å². The molecule has 0 aliphatic carbocycles. The van der Waals surface area contributed by atoms with Gasteiger partial charge in [0.2, 0.25) is 0 Å². The number of hydrogen-bond donors (Lipinski definition) is 1. The zero-order valence-corrected chi connectivity index (χ0v) is 10.1. The molecule has 1 rings (SSSR count). The molecule has 6 heteroatoms. The van der Waals surface area contributed by atoms with Crippen LogP contribution in [0.4, 0.5) is 5.00 Å². The third kappa shape index (κ3) is 3.81. The quantitative estimate of drug-likeness (QED) is 0.728.